The van der Waals surface area contributed by atoms with Crippen molar-refractivity contribution in [3.05, 3.63) is 38.8 Å². The normalized spacial score (nSPS) is 37.8. The van der Waals surface area contributed by atoms with E-state index in [9.17, 15) is 9.59 Å². The molecule has 1 aromatic rings. The van der Waals surface area contributed by atoms with E-state index in [1.807, 2.05) is 0 Å². The highest BCUT2D eigenvalue weighted by molar-refractivity contribution is 6.67. The Bertz CT molecular complexity index is 883. The second-order valence-corrected chi connectivity index (χ2v) is 10.2. The van der Waals surface area contributed by atoms with E-state index in [0.717, 1.165) is 4.90 Å². The van der Waals surface area contributed by atoms with E-state index in [4.69, 9.17) is 81.2 Å². The molecule has 4 rings (SSSR count). The molecular weight excluding hydrogens is 486 g/mol. The third-order valence-corrected chi connectivity index (χ3v) is 9.81. The molecule has 4 atom stereocenters. The van der Waals surface area contributed by atoms with Gasteiger partial charge in [-0.3, -0.25) is 9.59 Å². The number of imide groups is 1. The Morgan fingerprint density at radius 3 is 1.81 bits per heavy atom. The smallest absolute Gasteiger partial charge is 0.240 e. The molecule has 1 heterocycles. The zero-order chi connectivity index (χ0) is 19.4. The number of alkyl halides is 4. The fourth-order valence-corrected chi connectivity index (χ4v) is 7.15. The van der Waals surface area contributed by atoms with E-state index in [1.54, 1.807) is 19.1 Å². The molecule has 1 saturated heterocycles. The Morgan fingerprint density at radius 2 is 1.35 bits per heavy atom. The summed E-state index contributed by atoms with van der Waals surface area (Å²) in [5.41, 5.74) is 1.01. The largest absolute Gasteiger partial charge is 0.274 e. The van der Waals surface area contributed by atoms with Crippen molar-refractivity contribution in [3.63, 3.8) is 0 Å². The van der Waals surface area contributed by atoms with Crippen LogP contribution < -0.4 is 4.90 Å². The fourth-order valence-electron chi connectivity index (χ4n) is 4.06. The lowest BCUT2D eigenvalue weighted by molar-refractivity contribution is -0.123. The lowest BCUT2D eigenvalue weighted by Gasteiger charge is -2.34. The number of amides is 2. The highest BCUT2D eigenvalue weighted by Crippen LogP contribution is 2.77. The van der Waals surface area contributed by atoms with Crippen molar-refractivity contribution in [2.24, 2.45) is 11.8 Å². The number of carbonyl (C=O) groups excluding carboxylic acids is 2. The molecule has 3 aliphatic rings. The van der Waals surface area contributed by atoms with Crippen LogP contribution in [0, 0.1) is 18.8 Å². The highest BCUT2D eigenvalue weighted by atomic mass is 35.5. The molecule has 2 aliphatic carbocycles. The number of hydrogen-bond acceptors (Lipinski definition) is 2. The Kier molecular flexibility index (Phi) is 4.19. The van der Waals surface area contributed by atoms with Gasteiger partial charge in [0, 0.05) is 5.02 Å². The number of fused-ring (bicyclic) bond motifs is 5. The molecule has 2 amide bonds. The second-order valence-electron chi connectivity index (χ2n) is 6.52. The topological polar surface area (TPSA) is 37.4 Å². The van der Waals surface area contributed by atoms with E-state index in [1.165, 1.54) is 6.07 Å². The van der Waals surface area contributed by atoms with E-state index in [-0.39, 0.29) is 10.1 Å². The summed E-state index contributed by atoms with van der Waals surface area (Å²) in [5, 5.41) is 0.131. The van der Waals surface area contributed by atoms with Gasteiger partial charge in [0.25, 0.3) is 0 Å². The van der Waals surface area contributed by atoms with Gasteiger partial charge in [-0.25, -0.2) is 4.90 Å². The van der Waals surface area contributed by atoms with Crippen molar-refractivity contribution in [2.75, 3.05) is 4.90 Å². The standard InChI is InChI=1S/C16H8Cl7NO2/c1-5-2-3-6(17)4-7(5)24-12(25)8-9(13(24)26)15(21)11(19)10(18)14(8,20)16(15,22)23/h2-4,8-9H,1H3/t8-,9+,14-,15-/m0/s1. The molecule has 10 heteroatoms. The molecule has 0 spiro atoms. The van der Waals surface area contributed by atoms with Gasteiger partial charge in [0.05, 0.1) is 27.6 Å². The maximum atomic E-state index is 13.2. The molecule has 2 bridgehead atoms. The third kappa shape index (κ3) is 1.87. The van der Waals surface area contributed by atoms with Crippen LogP contribution in [0.5, 0.6) is 0 Å². The summed E-state index contributed by atoms with van der Waals surface area (Å²) in [6.07, 6.45) is 0. The average Bonchev–Trinajstić information content (AvgIpc) is 2.95. The Labute approximate surface area is 184 Å². The molecular formula is C16H8Cl7NO2. The molecule has 2 fully saturated rings. The number of allylic oxidation sites excluding steroid dienone is 2. The summed E-state index contributed by atoms with van der Waals surface area (Å²) >= 11 is 44.7. The summed E-state index contributed by atoms with van der Waals surface area (Å²) in [6.45, 7) is 1.74. The van der Waals surface area contributed by atoms with Crippen molar-refractivity contribution in [1.29, 1.82) is 0 Å². The van der Waals surface area contributed by atoms with E-state index in [0.29, 0.717) is 16.3 Å². The summed E-state index contributed by atoms with van der Waals surface area (Å²) < 4.78 is -1.94. The van der Waals surface area contributed by atoms with Gasteiger partial charge in [-0.15, -0.1) is 23.2 Å². The third-order valence-electron chi connectivity index (χ3n) is 5.32. The number of hydrogen-bond donors (Lipinski definition) is 0. The van der Waals surface area contributed by atoms with Crippen LogP contribution in [-0.4, -0.2) is 25.9 Å². The van der Waals surface area contributed by atoms with Gasteiger partial charge in [0.1, 0.15) is 9.75 Å². The first-order valence-electron chi connectivity index (χ1n) is 7.38. The van der Waals surface area contributed by atoms with E-state index >= 15 is 0 Å². The van der Waals surface area contributed by atoms with Gasteiger partial charge in [0.2, 0.25) is 11.8 Å². The Balaban J connectivity index is 1.94. The average molecular weight is 494 g/mol. The van der Waals surface area contributed by atoms with Gasteiger partial charge < -0.3 is 0 Å². The first kappa shape index (κ1) is 19.4. The molecule has 0 N–H and O–H groups in total. The predicted molar refractivity (Wildman–Crippen MR) is 106 cm³/mol. The molecule has 0 unspecified atom stereocenters. The number of nitrogens with zero attached hydrogens (tertiary/aromatic N) is 1. The minimum absolute atomic E-state index is 0.118. The summed E-state index contributed by atoms with van der Waals surface area (Å²) in [6, 6.07) is 4.86. The van der Waals surface area contributed by atoms with Crippen LogP contribution >= 0.6 is 81.2 Å². The highest BCUT2D eigenvalue weighted by Gasteiger charge is 2.87. The SMILES string of the molecule is Cc1ccc(Cl)cc1N1C(=O)[C@@H]2[C@H](C1=O)[C@]1(Cl)C(Cl)=C(Cl)[C@]2(Cl)C1(Cl)Cl. The fraction of sp³-hybridized carbons (Fsp3) is 0.375. The lowest BCUT2D eigenvalue weighted by Crippen LogP contribution is -2.50. The number of halogens is 7. The van der Waals surface area contributed by atoms with Crippen LogP contribution in [0.4, 0.5) is 5.69 Å². The van der Waals surface area contributed by atoms with Crippen LogP contribution in [0.15, 0.2) is 28.3 Å². The van der Waals surface area contributed by atoms with Crippen LogP contribution in [0.25, 0.3) is 0 Å². The van der Waals surface area contributed by atoms with Gasteiger partial charge in [-0.05, 0) is 24.6 Å². The number of carbonyl (C=O) groups is 2. The molecule has 0 aromatic heterocycles. The lowest BCUT2D eigenvalue weighted by atomic mass is 9.84. The Hall–Kier alpha value is 0.130. The molecule has 0 radical (unpaired) electrons. The van der Waals surface area contributed by atoms with Gasteiger partial charge in [0.15, 0.2) is 4.33 Å². The van der Waals surface area contributed by atoms with Crippen molar-refractivity contribution in [2.45, 2.75) is 21.0 Å². The number of aryl methyl sites for hydroxylation is 1. The second kappa shape index (κ2) is 5.60. The summed E-state index contributed by atoms with van der Waals surface area (Å²) in [5.74, 6) is -3.51. The molecule has 1 saturated carbocycles. The zero-order valence-corrected chi connectivity index (χ0v) is 18.1. The van der Waals surface area contributed by atoms with Gasteiger partial charge >= 0.3 is 0 Å². The molecule has 1 aromatic carbocycles. The van der Waals surface area contributed by atoms with Crippen LogP contribution in [0.3, 0.4) is 0 Å². The maximum Gasteiger partial charge on any atom is 0.240 e. The van der Waals surface area contributed by atoms with E-state index < -0.39 is 37.7 Å². The van der Waals surface area contributed by atoms with Crippen molar-refractivity contribution in [1.82, 2.24) is 0 Å². The maximum absolute atomic E-state index is 13.2. The van der Waals surface area contributed by atoms with Crippen LogP contribution in [-0.2, 0) is 9.59 Å². The van der Waals surface area contributed by atoms with Gasteiger partial charge in [-0.1, -0.05) is 64.1 Å². The summed E-state index contributed by atoms with van der Waals surface area (Å²) in [4.78, 5) is 23.8. The predicted octanol–water partition coefficient (Wildman–Crippen LogP) is 5.60. The molecule has 3 nitrogen and oxygen atoms in total. The first-order valence-corrected chi connectivity index (χ1v) is 10.0. The quantitative estimate of drug-likeness (QED) is 0.377. The minimum Gasteiger partial charge on any atom is -0.274 e. The molecule has 1 aliphatic heterocycles. The minimum atomic E-state index is -1.94. The van der Waals surface area contributed by atoms with Gasteiger partial charge in [-0.2, -0.15) is 0 Å². The van der Waals surface area contributed by atoms with Crippen LogP contribution in [0.1, 0.15) is 5.56 Å². The number of anilines is 1. The van der Waals surface area contributed by atoms with Crippen molar-refractivity contribution < 1.29 is 9.59 Å². The van der Waals surface area contributed by atoms with E-state index in [2.05, 4.69) is 0 Å². The van der Waals surface area contributed by atoms with Crippen molar-refractivity contribution in [3.8, 4) is 0 Å². The molecule has 138 valence electrons. The first-order chi connectivity index (χ1) is 11.9. The molecule has 26 heavy (non-hydrogen) atoms. The monoisotopic (exact) mass is 491 g/mol. The number of rotatable bonds is 1. The van der Waals surface area contributed by atoms with Crippen molar-refractivity contribution >= 4 is 98.7 Å². The Morgan fingerprint density at radius 1 is 0.885 bits per heavy atom. The number of benzene rings is 1. The van der Waals surface area contributed by atoms with Crippen LogP contribution in [0.2, 0.25) is 5.02 Å². The summed E-state index contributed by atoms with van der Waals surface area (Å²) in [7, 11) is 0. The zero-order valence-electron chi connectivity index (χ0n) is 12.8.